The summed E-state index contributed by atoms with van der Waals surface area (Å²) in [7, 11) is 1.43. The van der Waals surface area contributed by atoms with Crippen molar-refractivity contribution in [2.24, 2.45) is 0 Å². The average Bonchev–Trinajstić information content (AvgIpc) is 2.93. The lowest BCUT2D eigenvalue weighted by Crippen LogP contribution is -2.38. The highest BCUT2D eigenvalue weighted by Gasteiger charge is 2.46. The molecule has 6 nitrogen and oxygen atoms in total. The Kier molecular flexibility index (Phi) is 5.72. The second-order valence-electron chi connectivity index (χ2n) is 6.13. The minimum absolute atomic E-state index is 0.135. The van der Waals surface area contributed by atoms with Crippen molar-refractivity contribution in [1.82, 2.24) is 10.2 Å². The van der Waals surface area contributed by atoms with Crippen LogP contribution in [0.4, 0.5) is 0 Å². The molecule has 1 saturated heterocycles. The number of benzene rings is 2. The fourth-order valence-corrected chi connectivity index (χ4v) is 3.42. The van der Waals surface area contributed by atoms with Gasteiger partial charge in [0.15, 0.2) is 0 Å². The number of carbonyl (C=O) groups is 3. The van der Waals surface area contributed by atoms with E-state index in [0.29, 0.717) is 10.6 Å². The molecule has 0 spiro atoms. The van der Waals surface area contributed by atoms with E-state index in [1.165, 1.54) is 7.05 Å². The van der Waals surface area contributed by atoms with Crippen molar-refractivity contribution in [3.63, 3.8) is 0 Å². The van der Waals surface area contributed by atoms with Crippen molar-refractivity contribution in [1.29, 1.82) is 0 Å². The SMILES string of the molecule is CNC(=O)CN1C(=O)C(=O)/C(=C(\O)c2ccccc2Cl)C1c1ccc(Cl)cc1. The molecule has 144 valence electrons. The minimum atomic E-state index is -0.953. The van der Waals surface area contributed by atoms with Gasteiger partial charge in [-0.05, 0) is 29.8 Å². The zero-order valence-electron chi connectivity index (χ0n) is 14.8. The Morgan fingerprint density at radius 2 is 1.75 bits per heavy atom. The third-order valence-electron chi connectivity index (χ3n) is 4.45. The first-order valence-corrected chi connectivity index (χ1v) is 9.10. The second kappa shape index (κ2) is 8.04. The van der Waals surface area contributed by atoms with Gasteiger partial charge in [-0.2, -0.15) is 0 Å². The lowest BCUT2D eigenvalue weighted by Gasteiger charge is -2.24. The van der Waals surface area contributed by atoms with Gasteiger partial charge in [0, 0.05) is 17.6 Å². The number of likely N-dealkylation sites (tertiary alicyclic amines) is 1. The summed E-state index contributed by atoms with van der Waals surface area (Å²) in [6, 6.07) is 12.0. The van der Waals surface area contributed by atoms with E-state index in [1.807, 2.05) is 0 Å². The van der Waals surface area contributed by atoms with Crippen molar-refractivity contribution >= 4 is 46.6 Å². The average molecular weight is 419 g/mol. The molecule has 1 atom stereocenters. The van der Waals surface area contributed by atoms with Crippen LogP contribution in [0.3, 0.4) is 0 Å². The van der Waals surface area contributed by atoms with Crippen LogP contribution in [0.5, 0.6) is 0 Å². The first-order chi connectivity index (χ1) is 13.3. The quantitative estimate of drug-likeness (QED) is 0.453. The Bertz CT molecular complexity index is 986. The number of aliphatic hydroxyl groups is 1. The van der Waals surface area contributed by atoms with Crippen LogP contribution in [0.2, 0.25) is 10.0 Å². The molecule has 2 N–H and O–H groups in total. The molecule has 2 aromatic rings. The van der Waals surface area contributed by atoms with E-state index < -0.39 is 29.4 Å². The maximum absolute atomic E-state index is 12.8. The molecule has 2 amide bonds. The standard InChI is InChI=1S/C20H16Cl2N2O4/c1-23-15(25)10-24-17(11-6-8-12(21)9-7-11)16(19(27)20(24)28)18(26)13-4-2-3-5-14(13)22/h2-9,17,26H,10H2,1H3,(H,23,25)/b18-16-. The van der Waals surface area contributed by atoms with Gasteiger partial charge in [0.25, 0.3) is 11.7 Å². The van der Waals surface area contributed by atoms with Gasteiger partial charge in [-0.15, -0.1) is 0 Å². The van der Waals surface area contributed by atoms with Gasteiger partial charge in [-0.1, -0.05) is 47.5 Å². The number of likely N-dealkylation sites (N-methyl/N-ethyl adjacent to an activating group) is 1. The van der Waals surface area contributed by atoms with Crippen LogP contribution in [0.1, 0.15) is 17.2 Å². The summed E-state index contributed by atoms with van der Waals surface area (Å²) >= 11 is 12.1. The predicted octanol–water partition coefficient (Wildman–Crippen LogP) is 3.16. The number of nitrogens with zero attached hydrogens (tertiary/aromatic N) is 1. The number of carbonyl (C=O) groups excluding carboxylic acids is 3. The monoisotopic (exact) mass is 418 g/mol. The fraction of sp³-hybridized carbons (Fsp3) is 0.150. The number of hydrogen-bond acceptors (Lipinski definition) is 4. The van der Waals surface area contributed by atoms with Crippen molar-refractivity contribution in [2.75, 3.05) is 13.6 Å². The van der Waals surface area contributed by atoms with Crippen molar-refractivity contribution in [2.45, 2.75) is 6.04 Å². The number of halogens is 2. The maximum atomic E-state index is 12.8. The van der Waals surface area contributed by atoms with E-state index in [9.17, 15) is 19.5 Å². The van der Waals surface area contributed by atoms with Gasteiger partial charge in [0.2, 0.25) is 5.91 Å². The molecule has 0 aromatic heterocycles. The van der Waals surface area contributed by atoms with E-state index in [0.717, 1.165) is 4.90 Å². The Labute approximate surface area is 171 Å². The topological polar surface area (TPSA) is 86.7 Å². The van der Waals surface area contributed by atoms with Crippen LogP contribution in [-0.2, 0) is 14.4 Å². The molecule has 28 heavy (non-hydrogen) atoms. The normalized spacial score (nSPS) is 18.4. The summed E-state index contributed by atoms with van der Waals surface area (Å²) in [5.74, 6) is -2.61. The number of aliphatic hydroxyl groups excluding tert-OH is 1. The lowest BCUT2D eigenvalue weighted by molar-refractivity contribution is -0.141. The molecule has 1 fully saturated rings. The van der Waals surface area contributed by atoms with Crippen LogP contribution < -0.4 is 5.32 Å². The van der Waals surface area contributed by atoms with Gasteiger partial charge in [-0.25, -0.2) is 0 Å². The smallest absolute Gasteiger partial charge is 0.296 e. The molecule has 2 aromatic carbocycles. The summed E-state index contributed by atoms with van der Waals surface area (Å²) in [6.07, 6.45) is 0. The van der Waals surface area contributed by atoms with Crippen molar-refractivity contribution < 1.29 is 19.5 Å². The van der Waals surface area contributed by atoms with Crippen LogP contribution in [0.15, 0.2) is 54.1 Å². The highest BCUT2D eigenvalue weighted by Crippen LogP contribution is 2.40. The zero-order chi connectivity index (χ0) is 20.4. The number of nitrogens with one attached hydrogen (secondary N) is 1. The molecule has 0 aliphatic carbocycles. The summed E-state index contributed by atoms with van der Waals surface area (Å²) in [4.78, 5) is 38.4. The molecule has 8 heteroatoms. The third kappa shape index (κ3) is 3.61. The molecule has 3 rings (SSSR count). The van der Waals surface area contributed by atoms with E-state index in [4.69, 9.17) is 23.2 Å². The molecular weight excluding hydrogens is 403 g/mol. The fourth-order valence-electron chi connectivity index (χ4n) is 3.07. The van der Waals surface area contributed by atoms with E-state index in [1.54, 1.807) is 48.5 Å². The van der Waals surface area contributed by atoms with Crippen LogP contribution in [-0.4, -0.2) is 41.2 Å². The summed E-state index contributed by atoms with van der Waals surface area (Å²) < 4.78 is 0. The van der Waals surface area contributed by atoms with Crippen molar-refractivity contribution in [3.05, 3.63) is 75.3 Å². The minimum Gasteiger partial charge on any atom is -0.507 e. The van der Waals surface area contributed by atoms with Gasteiger partial charge in [0.1, 0.15) is 12.3 Å². The van der Waals surface area contributed by atoms with Gasteiger partial charge >= 0.3 is 0 Å². The maximum Gasteiger partial charge on any atom is 0.296 e. The summed E-state index contributed by atoms with van der Waals surface area (Å²) in [5, 5.41) is 14.0. The van der Waals surface area contributed by atoms with Gasteiger partial charge in [0.05, 0.1) is 16.6 Å². The number of hydrogen-bond donors (Lipinski definition) is 2. The molecule has 1 aliphatic heterocycles. The summed E-state index contributed by atoms with van der Waals surface area (Å²) in [5.41, 5.74) is 0.617. The van der Waals surface area contributed by atoms with Gasteiger partial charge in [-0.3, -0.25) is 14.4 Å². The van der Waals surface area contributed by atoms with E-state index in [-0.39, 0.29) is 22.7 Å². The predicted molar refractivity (Wildman–Crippen MR) is 106 cm³/mol. The largest absolute Gasteiger partial charge is 0.507 e. The Morgan fingerprint density at radius 3 is 2.36 bits per heavy atom. The first kappa shape index (κ1) is 19.9. The van der Waals surface area contributed by atoms with Gasteiger partial charge < -0.3 is 15.3 Å². The molecule has 1 heterocycles. The second-order valence-corrected chi connectivity index (χ2v) is 6.98. The number of ketones is 1. The van der Waals surface area contributed by atoms with Crippen LogP contribution >= 0.6 is 23.2 Å². The Balaban J connectivity index is 2.21. The number of rotatable bonds is 4. The Morgan fingerprint density at radius 1 is 1.11 bits per heavy atom. The van der Waals surface area contributed by atoms with Crippen LogP contribution in [0.25, 0.3) is 5.76 Å². The zero-order valence-corrected chi connectivity index (χ0v) is 16.3. The van der Waals surface area contributed by atoms with E-state index >= 15 is 0 Å². The van der Waals surface area contributed by atoms with Crippen molar-refractivity contribution in [3.8, 4) is 0 Å². The molecule has 1 unspecified atom stereocenters. The number of Topliss-reactive ketones (excluding diaryl/α,β-unsaturated/α-hetero) is 1. The third-order valence-corrected chi connectivity index (χ3v) is 5.03. The molecule has 0 saturated carbocycles. The molecule has 0 bridgehead atoms. The lowest BCUT2D eigenvalue weighted by atomic mass is 9.95. The summed E-state index contributed by atoms with van der Waals surface area (Å²) in [6.45, 7) is -0.340. The molecule has 0 radical (unpaired) electrons. The van der Waals surface area contributed by atoms with Crippen LogP contribution in [0, 0.1) is 0 Å². The highest BCUT2D eigenvalue weighted by atomic mass is 35.5. The highest BCUT2D eigenvalue weighted by molar-refractivity contribution is 6.47. The van der Waals surface area contributed by atoms with E-state index in [2.05, 4.69) is 5.32 Å². The Hall–Kier alpha value is -2.83. The molecular formula is C20H16Cl2N2O4. The number of amides is 2. The molecule has 1 aliphatic rings. The first-order valence-electron chi connectivity index (χ1n) is 8.34.